The van der Waals surface area contributed by atoms with E-state index in [1.165, 1.54) is 20.4 Å². The van der Waals surface area contributed by atoms with Crippen molar-refractivity contribution in [2.45, 2.75) is 0 Å². The molecule has 0 spiro atoms. The molecule has 0 aliphatic rings. The van der Waals surface area contributed by atoms with Crippen LogP contribution in [0.2, 0.25) is 0 Å². The average Bonchev–Trinajstić information content (AvgIpc) is 2.50. The first-order valence-electron chi connectivity index (χ1n) is 6.04. The number of nitrogens with one attached hydrogen (secondary N) is 1. The molecule has 112 valence electrons. The monoisotopic (exact) mass is 291 g/mol. The smallest absolute Gasteiger partial charge is 0.222 e. The topological polar surface area (TPSA) is 118 Å². The van der Waals surface area contributed by atoms with Gasteiger partial charge in [-0.15, -0.1) is 0 Å². The van der Waals surface area contributed by atoms with Crippen LogP contribution < -0.4 is 31.0 Å². The normalized spacial score (nSPS) is 10.0. The summed E-state index contributed by atoms with van der Waals surface area (Å²) >= 11 is 0. The van der Waals surface area contributed by atoms with Crippen LogP contribution in [0.15, 0.2) is 18.3 Å². The highest BCUT2D eigenvalue weighted by atomic mass is 16.5. The second-order valence-corrected chi connectivity index (χ2v) is 4.04. The summed E-state index contributed by atoms with van der Waals surface area (Å²) in [7, 11) is 4.61. The fourth-order valence-corrected chi connectivity index (χ4v) is 1.83. The van der Waals surface area contributed by atoms with Gasteiger partial charge in [0.1, 0.15) is 0 Å². The number of methoxy groups -OCH3 is 3. The summed E-state index contributed by atoms with van der Waals surface area (Å²) in [6.07, 6.45) is 1.43. The summed E-state index contributed by atoms with van der Waals surface area (Å²) in [5, 5.41) is 3.04. The molecule has 1 aromatic carbocycles. The van der Waals surface area contributed by atoms with Gasteiger partial charge in [0, 0.05) is 0 Å². The van der Waals surface area contributed by atoms with Crippen molar-refractivity contribution in [2.75, 3.05) is 38.1 Å². The second kappa shape index (κ2) is 6.04. The predicted octanol–water partition coefficient (Wildman–Crippen LogP) is 1.41. The summed E-state index contributed by atoms with van der Waals surface area (Å²) in [6.45, 7) is 0. The van der Waals surface area contributed by atoms with E-state index in [-0.39, 0.29) is 5.95 Å². The summed E-state index contributed by atoms with van der Waals surface area (Å²) in [4.78, 5) is 7.85. The molecule has 0 bridgehead atoms. The summed E-state index contributed by atoms with van der Waals surface area (Å²) in [5.41, 5.74) is 12.3. The molecule has 0 saturated carbocycles. The van der Waals surface area contributed by atoms with Crippen LogP contribution in [0.1, 0.15) is 0 Å². The predicted molar refractivity (Wildman–Crippen MR) is 80.2 cm³/mol. The Morgan fingerprint density at radius 3 is 2.33 bits per heavy atom. The Labute approximate surface area is 122 Å². The van der Waals surface area contributed by atoms with Crippen LogP contribution in [0.25, 0.3) is 0 Å². The van der Waals surface area contributed by atoms with Crippen molar-refractivity contribution >= 4 is 23.1 Å². The van der Waals surface area contributed by atoms with Gasteiger partial charge in [0.05, 0.1) is 38.9 Å². The first-order chi connectivity index (χ1) is 10.1. The molecule has 8 nitrogen and oxygen atoms in total. The van der Waals surface area contributed by atoms with Gasteiger partial charge in [0.15, 0.2) is 17.3 Å². The third kappa shape index (κ3) is 2.83. The number of anilines is 4. The maximum atomic E-state index is 5.82. The van der Waals surface area contributed by atoms with E-state index >= 15 is 0 Å². The largest absolute Gasteiger partial charge is 0.493 e. The van der Waals surface area contributed by atoms with Crippen LogP contribution in [0.5, 0.6) is 17.2 Å². The van der Waals surface area contributed by atoms with Gasteiger partial charge in [-0.1, -0.05) is 0 Å². The number of nitrogens with two attached hydrogens (primary N) is 2. The van der Waals surface area contributed by atoms with Crippen LogP contribution in [0.3, 0.4) is 0 Å². The van der Waals surface area contributed by atoms with Gasteiger partial charge in [-0.05, 0) is 12.1 Å². The third-order valence-electron chi connectivity index (χ3n) is 2.79. The lowest BCUT2D eigenvalue weighted by atomic mass is 10.2. The summed E-state index contributed by atoms with van der Waals surface area (Å²) < 4.78 is 15.9. The highest BCUT2D eigenvalue weighted by Crippen LogP contribution is 2.43. The zero-order valence-corrected chi connectivity index (χ0v) is 12.0. The Morgan fingerprint density at radius 1 is 1.00 bits per heavy atom. The van der Waals surface area contributed by atoms with Gasteiger partial charge in [-0.25, -0.2) is 4.98 Å². The molecule has 21 heavy (non-hydrogen) atoms. The number of hydrogen-bond acceptors (Lipinski definition) is 8. The molecule has 1 aromatic heterocycles. The van der Waals surface area contributed by atoms with E-state index in [1.54, 1.807) is 19.2 Å². The van der Waals surface area contributed by atoms with Gasteiger partial charge in [0.25, 0.3) is 0 Å². The lowest BCUT2D eigenvalue weighted by Crippen LogP contribution is -2.05. The lowest BCUT2D eigenvalue weighted by molar-refractivity contribution is 0.325. The molecule has 0 radical (unpaired) electrons. The maximum absolute atomic E-state index is 5.82. The van der Waals surface area contributed by atoms with Crippen molar-refractivity contribution in [3.05, 3.63) is 18.3 Å². The van der Waals surface area contributed by atoms with Crippen LogP contribution in [-0.4, -0.2) is 31.3 Å². The molecule has 0 fully saturated rings. The minimum absolute atomic E-state index is 0.117. The number of nitrogens with zero attached hydrogens (tertiary/aromatic N) is 2. The van der Waals surface area contributed by atoms with E-state index in [4.69, 9.17) is 25.7 Å². The Bertz CT molecular complexity index is 648. The Balaban J connectivity index is 2.47. The molecule has 5 N–H and O–H groups in total. The van der Waals surface area contributed by atoms with E-state index in [0.717, 1.165) is 0 Å². The van der Waals surface area contributed by atoms with Crippen molar-refractivity contribution in [1.29, 1.82) is 0 Å². The van der Waals surface area contributed by atoms with Gasteiger partial charge in [0.2, 0.25) is 11.7 Å². The summed E-state index contributed by atoms with van der Waals surface area (Å²) in [5.74, 6) is 1.98. The van der Waals surface area contributed by atoms with Gasteiger partial charge in [-0.2, -0.15) is 4.98 Å². The molecule has 0 amide bonds. The Hall–Kier alpha value is -2.90. The number of rotatable bonds is 5. The van der Waals surface area contributed by atoms with E-state index < -0.39 is 0 Å². The SMILES string of the molecule is COc1ccc(Nc2nc(N)ncc2N)c(OC)c1OC. The lowest BCUT2D eigenvalue weighted by Gasteiger charge is -2.17. The molecule has 0 aliphatic heterocycles. The van der Waals surface area contributed by atoms with E-state index in [9.17, 15) is 0 Å². The van der Waals surface area contributed by atoms with Crippen LogP contribution >= 0.6 is 0 Å². The van der Waals surface area contributed by atoms with Crippen LogP contribution in [-0.2, 0) is 0 Å². The third-order valence-corrected chi connectivity index (χ3v) is 2.79. The van der Waals surface area contributed by atoms with E-state index in [0.29, 0.717) is 34.4 Å². The second-order valence-electron chi connectivity index (χ2n) is 4.04. The molecule has 1 heterocycles. The fraction of sp³-hybridized carbons (Fsp3) is 0.231. The highest BCUT2D eigenvalue weighted by molar-refractivity contribution is 5.76. The molecule has 0 atom stereocenters. The number of benzene rings is 1. The quantitative estimate of drug-likeness (QED) is 0.756. The van der Waals surface area contributed by atoms with Crippen molar-refractivity contribution < 1.29 is 14.2 Å². The van der Waals surface area contributed by atoms with E-state index in [2.05, 4.69) is 15.3 Å². The maximum Gasteiger partial charge on any atom is 0.222 e. The highest BCUT2D eigenvalue weighted by Gasteiger charge is 2.17. The molecule has 8 heteroatoms. The number of nitrogen functional groups attached to an aromatic ring is 2. The Morgan fingerprint density at radius 2 is 1.71 bits per heavy atom. The molecule has 0 saturated heterocycles. The Kier molecular flexibility index (Phi) is 4.17. The van der Waals surface area contributed by atoms with E-state index in [1.807, 2.05) is 0 Å². The zero-order valence-electron chi connectivity index (χ0n) is 12.0. The zero-order chi connectivity index (χ0) is 15.4. The molecule has 2 rings (SSSR count). The van der Waals surface area contributed by atoms with Gasteiger partial charge >= 0.3 is 0 Å². The standard InChI is InChI=1S/C13H17N5O3/c1-19-9-5-4-8(10(20-2)11(9)21-3)17-12-7(14)6-16-13(15)18-12/h4-6H,14H2,1-3H3,(H3,15,16,17,18). The van der Waals surface area contributed by atoms with Crippen molar-refractivity contribution in [3.63, 3.8) is 0 Å². The molecule has 0 unspecified atom stereocenters. The summed E-state index contributed by atoms with van der Waals surface area (Å²) in [6, 6.07) is 3.50. The van der Waals surface area contributed by atoms with Crippen molar-refractivity contribution in [1.82, 2.24) is 9.97 Å². The van der Waals surface area contributed by atoms with Gasteiger partial charge in [-0.3, -0.25) is 0 Å². The van der Waals surface area contributed by atoms with Crippen LogP contribution in [0.4, 0.5) is 23.1 Å². The van der Waals surface area contributed by atoms with Crippen LogP contribution in [0, 0.1) is 0 Å². The van der Waals surface area contributed by atoms with Crippen molar-refractivity contribution in [3.8, 4) is 17.2 Å². The minimum atomic E-state index is 0.117. The number of aromatic nitrogens is 2. The number of ether oxygens (including phenoxy) is 3. The molecule has 0 aliphatic carbocycles. The first kappa shape index (κ1) is 14.5. The van der Waals surface area contributed by atoms with Crippen molar-refractivity contribution in [2.24, 2.45) is 0 Å². The molecule has 2 aromatic rings. The first-order valence-corrected chi connectivity index (χ1v) is 6.04. The average molecular weight is 291 g/mol. The fourth-order valence-electron chi connectivity index (χ4n) is 1.83. The molecular weight excluding hydrogens is 274 g/mol. The minimum Gasteiger partial charge on any atom is -0.493 e. The molecular formula is C13H17N5O3. The van der Waals surface area contributed by atoms with Gasteiger partial charge < -0.3 is 31.0 Å². The number of hydrogen-bond donors (Lipinski definition) is 3.